The topological polar surface area (TPSA) is 76.0 Å². The number of hydrogen-bond donors (Lipinski definition) is 2. The molecule has 20 heavy (non-hydrogen) atoms. The average molecular weight is 300 g/mol. The van der Waals surface area contributed by atoms with E-state index in [1.807, 2.05) is 18.4 Å². The highest BCUT2D eigenvalue weighted by molar-refractivity contribution is 7.89. The van der Waals surface area contributed by atoms with Crippen LogP contribution in [0.3, 0.4) is 0 Å². The third-order valence-corrected chi connectivity index (χ3v) is 5.10. The molecule has 0 aromatic carbocycles. The Labute approximate surface area is 121 Å². The molecule has 0 spiro atoms. The summed E-state index contributed by atoms with van der Waals surface area (Å²) in [6.45, 7) is 6.00. The quantitative estimate of drug-likeness (QED) is 0.822. The fourth-order valence-electron chi connectivity index (χ4n) is 2.54. The molecule has 1 unspecified atom stereocenters. The van der Waals surface area contributed by atoms with E-state index in [1.54, 1.807) is 6.20 Å². The molecule has 2 rings (SSSR count). The zero-order chi connectivity index (χ0) is 14.6. The third-order valence-electron chi connectivity index (χ3n) is 3.77. The van der Waals surface area contributed by atoms with E-state index in [-0.39, 0.29) is 5.03 Å². The van der Waals surface area contributed by atoms with Crippen LogP contribution >= 0.6 is 0 Å². The molecule has 0 bridgehead atoms. The van der Waals surface area contributed by atoms with Crippen molar-refractivity contribution in [3.05, 3.63) is 12.0 Å². The van der Waals surface area contributed by atoms with Gasteiger partial charge in [-0.3, -0.25) is 0 Å². The Hall–Kier alpha value is -0.920. The van der Waals surface area contributed by atoms with Crippen molar-refractivity contribution >= 4 is 10.0 Å². The van der Waals surface area contributed by atoms with Crippen molar-refractivity contribution in [3.8, 4) is 0 Å². The van der Waals surface area contributed by atoms with Gasteiger partial charge in [0.25, 0.3) is 10.0 Å². The number of piperidine rings is 1. The Balaban J connectivity index is 1.89. The second-order valence-electron chi connectivity index (χ2n) is 5.25. The maximum Gasteiger partial charge on any atom is 0.259 e. The number of rotatable bonds is 6. The first-order valence-corrected chi connectivity index (χ1v) is 8.78. The Morgan fingerprint density at radius 2 is 2.30 bits per heavy atom. The van der Waals surface area contributed by atoms with Crippen molar-refractivity contribution in [2.45, 2.75) is 57.1 Å². The van der Waals surface area contributed by atoms with Gasteiger partial charge in [-0.15, -0.1) is 0 Å². The van der Waals surface area contributed by atoms with Crippen LogP contribution in [-0.2, 0) is 16.6 Å². The largest absolute Gasteiger partial charge is 0.334 e. The maximum atomic E-state index is 12.1. The van der Waals surface area contributed by atoms with E-state index in [0.717, 1.165) is 31.8 Å². The van der Waals surface area contributed by atoms with Crippen LogP contribution in [-0.4, -0.2) is 37.1 Å². The van der Waals surface area contributed by atoms with E-state index in [2.05, 4.69) is 15.0 Å². The van der Waals surface area contributed by atoms with Crippen LogP contribution in [0.15, 0.2) is 11.2 Å². The molecule has 1 fully saturated rings. The van der Waals surface area contributed by atoms with Gasteiger partial charge in [0.2, 0.25) is 0 Å². The van der Waals surface area contributed by atoms with E-state index in [0.29, 0.717) is 12.6 Å². The van der Waals surface area contributed by atoms with Crippen LogP contribution in [0.1, 0.15) is 38.4 Å². The zero-order valence-electron chi connectivity index (χ0n) is 12.2. The van der Waals surface area contributed by atoms with Crippen LogP contribution in [0.25, 0.3) is 0 Å². The second kappa shape index (κ2) is 6.69. The molecule has 114 valence electrons. The molecule has 0 aliphatic carbocycles. The number of aromatic nitrogens is 2. The van der Waals surface area contributed by atoms with Gasteiger partial charge in [-0.1, -0.05) is 6.42 Å². The summed E-state index contributed by atoms with van der Waals surface area (Å²) in [6, 6.07) is 0.432. The molecule has 6 nitrogen and oxygen atoms in total. The Morgan fingerprint density at radius 3 is 2.90 bits per heavy atom. The predicted octanol–water partition coefficient (Wildman–Crippen LogP) is 1.02. The fourth-order valence-corrected chi connectivity index (χ4v) is 3.59. The third kappa shape index (κ3) is 3.80. The lowest BCUT2D eigenvalue weighted by Gasteiger charge is -2.23. The molecule has 2 heterocycles. The molecular formula is C13H24N4O2S. The van der Waals surface area contributed by atoms with Crippen LogP contribution < -0.4 is 10.0 Å². The lowest BCUT2D eigenvalue weighted by atomic mass is 10.0. The summed E-state index contributed by atoms with van der Waals surface area (Å²) in [5.74, 6) is 0.724. The normalized spacial score (nSPS) is 20.2. The Kier molecular flexibility index (Phi) is 5.17. The van der Waals surface area contributed by atoms with Crippen molar-refractivity contribution < 1.29 is 8.42 Å². The van der Waals surface area contributed by atoms with Crippen molar-refractivity contribution in [2.24, 2.45) is 0 Å². The lowest BCUT2D eigenvalue weighted by molar-refractivity contribution is 0.382. The molecule has 1 atom stereocenters. The number of aryl methyl sites for hydroxylation is 2. The van der Waals surface area contributed by atoms with Gasteiger partial charge in [-0.25, -0.2) is 18.1 Å². The maximum absolute atomic E-state index is 12.1. The minimum Gasteiger partial charge on any atom is -0.334 e. The van der Waals surface area contributed by atoms with Crippen LogP contribution in [0.2, 0.25) is 0 Å². The van der Waals surface area contributed by atoms with Gasteiger partial charge in [0.1, 0.15) is 5.82 Å². The van der Waals surface area contributed by atoms with Gasteiger partial charge in [-0.05, 0) is 39.7 Å². The molecule has 0 radical (unpaired) electrons. The standard InChI is InChI=1S/C13H24N4O2S/c1-3-17-10-13(16-11(17)2)20(18,19)15-9-7-12-6-4-5-8-14-12/h10,12,14-15H,3-9H2,1-2H3. The highest BCUT2D eigenvalue weighted by atomic mass is 32.2. The Morgan fingerprint density at radius 1 is 1.50 bits per heavy atom. The molecule has 7 heteroatoms. The molecule has 0 amide bonds. The van der Waals surface area contributed by atoms with Crippen molar-refractivity contribution in [3.63, 3.8) is 0 Å². The van der Waals surface area contributed by atoms with Gasteiger partial charge in [0.15, 0.2) is 5.03 Å². The zero-order valence-corrected chi connectivity index (χ0v) is 13.0. The first-order valence-electron chi connectivity index (χ1n) is 7.29. The predicted molar refractivity (Wildman–Crippen MR) is 78.1 cm³/mol. The minimum atomic E-state index is -3.48. The monoisotopic (exact) mass is 300 g/mol. The van der Waals surface area contributed by atoms with Crippen molar-refractivity contribution in [1.29, 1.82) is 0 Å². The van der Waals surface area contributed by atoms with Crippen LogP contribution in [0.4, 0.5) is 0 Å². The fraction of sp³-hybridized carbons (Fsp3) is 0.769. The van der Waals surface area contributed by atoms with Gasteiger partial charge < -0.3 is 9.88 Å². The molecule has 1 aliphatic heterocycles. The van der Waals surface area contributed by atoms with Crippen LogP contribution in [0, 0.1) is 6.92 Å². The number of hydrogen-bond acceptors (Lipinski definition) is 4. The van der Waals surface area contributed by atoms with Crippen molar-refractivity contribution in [2.75, 3.05) is 13.1 Å². The number of nitrogens with zero attached hydrogens (tertiary/aromatic N) is 2. The highest BCUT2D eigenvalue weighted by Gasteiger charge is 2.19. The summed E-state index contributed by atoms with van der Waals surface area (Å²) in [7, 11) is -3.48. The van der Waals surface area contributed by atoms with Gasteiger partial charge in [-0.2, -0.15) is 0 Å². The van der Waals surface area contributed by atoms with E-state index < -0.39 is 10.0 Å². The molecule has 0 saturated carbocycles. The molecule has 1 aromatic heterocycles. The summed E-state index contributed by atoms with van der Waals surface area (Å²) in [6.07, 6.45) is 6.00. The summed E-state index contributed by atoms with van der Waals surface area (Å²) in [5.41, 5.74) is 0. The molecule has 2 N–H and O–H groups in total. The summed E-state index contributed by atoms with van der Waals surface area (Å²) < 4.78 is 28.8. The highest BCUT2D eigenvalue weighted by Crippen LogP contribution is 2.11. The smallest absolute Gasteiger partial charge is 0.259 e. The van der Waals surface area contributed by atoms with Crippen molar-refractivity contribution in [1.82, 2.24) is 19.6 Å². The van der Waals surface area contributed by atoms with E-state index in [9.17, 15) is 8.42 Å². The summed E-state index contributed by atoms with van der Waals surface area (Å²) in [5, 5.41) is 3.53. The van der Waals surface area contributed by atoms with Gasteiger partial charge in [0.05, 0.1) is 0 Å². The average Bonchev–Trinajstić information content (AvgIpc) is 2.82. The molecular weight excluding hydrogens is 276 g/mol. The second-order valence-corrected chi connectivity index (χ2v) is 6.96. The first-order chi connectivity index (χ1) is 9.53. The number of sulfonamides is 1. The minimum absolute atomic E-state index is 0.119. The van der Waals surface area contributed by atoms with E-state index >= 15 is 0 Å². The molecule has 1 aromatic rings. The first kappa shape index (κ1) is 15.5. The lowest BCUT2D eigenvalue weighted by Crippen LogP contribution is -2.37. The number of nitrogens with one attached hydrogen (secondary N) is 2. The van der Waals surface area contributed by atoms with Gasteiger partial charge >= 0.3 is 0 Å². The van der Waals surface area contributed by atoms with E-state index in [4.69, 9.17) is 0 Å². The van der Waals surface area contributed by atoms with Crippen LogP contribution in [0.5, 0.6) is 0 Å². The SMILES string of the molecule is CCn1cc(S(=O)(=O)NCCC2CCCCN2)nc1C. The summed E-state index contributed by atoms with van der Waals surface area (Å²) in [4.78, 5) is 4.12. The van der Waals surface area contributed by atoms with Gasteiger partial charge in [0, 0.05) is 25.3 Å². The molecule has 1 aliphatic rings. The molecule has 1 saturated heterocycles. The summed E-state index contributed by atoms with van der Waals surface area (Å²) >= 11 is 0. The van der Waals surface area contributed by atoms with E-state index in [1.165, 1.54) is 12.8 Å². The Bertz CT molecular complexity index is 533. The number of imidazole rings is 1.